The van der Waals surface area contributed by atoms with Gasteiger partial charge < -0.3 is 19.1 Å². The van der Waals surface area contributed by atoms with Gasteiger partial charge in [-0.05, 0) is 38.5 Å². The molecule has 0 aliphatic heterocycles. The Morgan fingerprint density at radius 1 is 1.17 bits per heavy atom. The molecule has 133 valence electrons. The third-order valence-corrected chi connectivity index (χ3v) is 3.29. The Hall–Kier alpha value is -1.69. The van der Waals surface area contributed by atoms with Gasteiger partial charge in [0.2, 0.25) is 0 Å². The molecule has 1 aromatic rings. The van der Waals surface area contributed by atoms with Crippen molar-refractivity contribution < 1.29 is 19.0 Å². The number of benzene rings is 1. The molecule has 1 amide bonds. The van der Waals surface area contributed by atoms with E-state index in [1.807, 2.05) is 39.7 Å². The molecule has 0 aliphatic carbocycles. The van der Waals surface area contributed by atoms with Crippen LogP contribution < -0.4 is 4.74 Å². The number of methoxy groups -OCH3 is 2. The van der Waals surface area contributed by atoms with Crippen molar-refractivity contribution in [3.8, 4) is 5.75 Å². The van der Waals surface area contributed by atoms with Crippen LogP contribution in [0.4, 0.5) is 4.79 Å². The van der Waals surface area contributed by atoms with Gasteiger partial charge in [-0.3, -0.25) is 0 Å². The van der Waals surface area contributed by atoms with Crippen LogP contribution in [0.3, 0.4) is 0 Å². The minimum absolute atomic E-state index is 0.342. The highest BCUT2D eigenvalue weighted by Crippen LogP contribution is 2.20. The quantitative estimate of drug-likeness (QED) is 0.684. The molecule has 0 N–H and O–H groups in total. The lowest BCUT2D eigenvalue weighted by Crippen LogP contribution is -2.38. The molecular formula is C18H29BNO4. The topological polar surface area (TPSA) is 48.0 Å². The van der Waals surface area contributed by atoms with Gasteiger partial charge in [-0.2, -0.15) is 0 Å². The predicted octanol–water partition coefficient (Wildman–Crippen LogP) is 3.33. The lowest BCUT2D eigenvalue weighted by molar-refractivity contribution is 0.0183. The number of carbonyl (C=O) groups is 1. The van der Waals surface area contributed by atoms with Gasteiger partial charge in [-0.15, -0.1) is 0 Å². The summed E-state index contributed by atoms with van der Waals surface area (Å²) in [5.74, 6) is 0.792. The Morgan fingerprint density at radius 2 is 1.83 bits per heavy atom. The summed E-state index contributed by atoms with van der Waals surface area (Å²) in [6.45, 7) is 8.98. The van der Waals surface area contributed by atoms with Crippen molar-refractivity contribution in [2.24, 2.45) is 0 Å². The number of carbonyl (C=O) groups excluding carboxylic acids is 1. The Kier molecular flexibility index (Phi) is 8.12. The van der Waals surface area contributed by atoms with Crippen molar-refractivity contribution >= 4 is 13.4 Å². The van der Waals surface area contributed by atoms with E-state index in [1.165, 1.54) is 0 Å². The van der Waals surface area contributed by atoms with E-state index >= 15 is 0 Å². The average Bonchev–Trinajstić information content (AvgIpc) is 2.49. The van der Waals surface area contributed by atoms with Gasteiger partial charge in [0, 0.05) is 20.2 Å². The molecule has 0 aromatic heterocycles. The fraction of sp³-hybridized carbons (Fsp3) is 0.611. The van der Waals surface area contributed by atoms with Gasteiger partial charge in [-0.1, -0.05) is 24.8 Å². The van der Waals surface area contributed by atoms with E-state index in [0.29, 0.717) is 19.7 Å². The van der Waals surface area contributed by atoms with E-state index in [9.17, 15) is 4.79 Å². The zero-order valence-electron chi connectivity index (χ0n) is 15.7. The Balaban J connectivity index is 2.96. The van der Waals surface area contributed by atoms with Gasteiger partial charge in [0.25, 0.3) is 0 Å². The smallest absolute Gasteiger partial charge is 0.410 e. The maximum Gasteiger partial charge on any atom is 0.410 e. The van der Waals surface area contributed by atoms with Gasteiger partial charge in [0.15, 0.2) is 0 Å². The molecule has 1 radical (unpaired) electrons. The first-order valence-corrected chi connectivity index (χ1v) is 8.20. The molecular weight excluding hydrogens is 305 g/mol. The number of ether oxygens (including phenoxy) is 3. The Morgan fingerprint density at radius 3 is 2.38 bits per heavy atom. The fourth-order valence-electron chi connectivity index (χ4n) is 2.27. The van der Waals surface area contributed by atoms with Crippen LogP contribution in [0.2, 0.25) is 6.82 Å². The van der Waals surface area contributed by atoms with Crippen molar-refractivity contribution in [3.63, 3.8) is 0 Å². The van der Waals surface area contributed by atoms with Crippen LogP contribution in [0.5, 0.6) is 5.75 Å². The largest absolute Gasteiger partial charge is 0.497 e. The van der Waals surface area contributed by atoms with Crippen molar-refractivity contribution in [3.05, 3.63) is 29.3 Å². The van der Waals surface area contributed by atoms with E-state index in [-0.39, 0.29) is 6.09 Å². The highest BCUT2D eigenvalue weighted by Gasteiger charge is 2.22. The summed E-state index contributed by atoms with van der Waals surface area (Å²) in [5, 5.41) is 0. The third-order valence-electron chi connectivity index (χ3n) is 3.29. The molecule has 1 aromatic carbocycles. The SMILES string of the molecule is C[B]Cc1cc(CN(CCOC)C(=O)OC(C)(C)C)cc(OC)c1. The molecule has 24 heavy (non-hydrogen) atoms. The maximum absolute atomic E-state index is 12.4. The van der Waals surface area contributed by atoms with E-state index in [2.05, 4.69) is 13.3 Å². The zero-order chi connectivity index (χ0) is 18.2. The van der Waals surface area contributed by atoms with Gasteiger partial charge in [-0.25, -0.2) is 4.79 Å². The number of hydrogen-bond acceptors (Lipinski definition) is 4. The summed E-state index contributed by atoms with van der Waals surface area (Å²) in [6.07, 6.45) is 0.514. The molecule has 1 rings (SSSR count). The number of amides is 1. The number of rotatable bonds is 8. The van der Waals surface area contributed by atoms with E-state index in [4.69, 9.17) is 14.2 Å². The summed E-state index contributed by atoms with van der Waals surface area (Å²) in [6, 6.07) is 6.05. The second kappa shape index (κ2) is 9.57. The molecule has 0 fully saturated rings. The minimum Gasteiger partial charge on any atom is -0.497 e. The summed E-state index contributed by atoms with van der Waals surface area (Å²) in [5.41, 5.74) is 1.63. The van der Waals surface area contributed by atoms with Crippen LogP contribution in [-0.4, -0.2) is 51.2 Å². The summed E-state index contributed by atoms with van der Waals surface area (Å²) >= 11 is 0. The molecule has 0 saturated heterocycles. The highest BCUT2D eigenvalue weighted by atomic mass is 16.6. The first kappa shape index (κ1) is 20.4. The van der Waals surface area contributed by atoms with Gasteiger partial charge in [0.1, 0.15) is 18.6 Å². The molecule has 0 heterocycles. The van der Waals surface area contributed by atoms with Gasteiger partial charge >= 0.3 is 6.09 Å². The molecule has 0 atom stereocenters. The van der Waals surface area contributed by atoms with Crippen molar-refractivity contribution in [2.75, 3.05) is 27.4 Å². The lowest BCUT2D eigenvalue weighted by atomic mass is 9.75. The molecule has 0 saturated carbocycles. The van der Waals surface area contributed by atoms with Crippen LogP contribution in [0.25, 0.3) is 0 Å². The van der Waals surface area contributed by atoms with E-state index in [0.717, 1.165) is 23.2 Å². The summed E-state index contributed by atoms with van der Waals surface area (Å²) in [7, 11) is 5.36. The van der Waals surface area contributed by atoms with Gasteiger partial charge in [0.05, 0.1) is 13.7 Å². The Labute approximate surface area is 146 Å². The van der Waals surface area contributed by atoms with Crippen LogP contribution in [0, 0.1) is 0 Å². The van der Waals surface area contributed by atoms with Crippen molar-refractivity contribution in [2.45, 2.75) is 46.1 Å². The van der Waals surface area contributed by atoms with E-state index in [1.54, 1.807) is 19.1 Å². The van der Waals surface area contributed by atoms with Crippen LogP contribution >= 0.6 is 0 Å². The molecule has 0 aliphatic rings. The third kappa shape index (κ3) is 7.26. The maximum atomic E-state index is 12.4. The van der Waals surface area contributed by atoms with E-state index < -0.39 is 5.60 Å². The second-order valence-electron chi connectivity index (χ2n) is 6.70. The van der Waals surface area contributed by atoms with Crippen LogP contribution in [-0.2, 0) is 22.3 Å². The number of nitrogens with zero attached hydrogens (tertiary/aromatic N) is 1. The second-order valence-corrected chi connectivity index (χ2v) is 6.70. The fourth-order valence-corrected chi connectivity index (χ4v) is 2.27. The standard InChI is InChI=1S/C18H29BNO4/c1-18(2,3)24-17(21)20(7-8-22-5)13-15-9-14(12-19-4)10-16(11-15)23-6/h9-11H,7-8,12-13H2,1-6H3. The van der Waals surface area contributed by atoms with Crippen molar-refractivity contribution in [1.82, 2.24) is 4.90 Å². The monoisotopic (exact) mass is 334 g/mol. The highest BCUT2D eigenvalue weighted by molar-refractivity contribution is 6.32. The molecule has 0 spiro atoms. The molecule has 0 unspecified atom stereocenters. The predicted molar refractivity (Wildman–Crippen MR) is 96.8 cm³/mol. The molecule has 5 nitrogen and oxygen atoms in total. The number of hydrogen-bond donors (Lipinski definition) is 0. The van der Waals surface area contributed by atoms with Crippen LogP contribution in [0.15, 0.2) is 18.2 Å². The summed E-state index contributed by atoms with van der Waals surface area (Å²) < 4.78 is 16.0. The average molecular weight is 334 g/mol. The van der Waals surface area contributed by atoms with Crippen molar-refractivity contribution in [1.29, 1.82) is 0 Å². The summed E-state index contributed by atoms with van der Waals surface area (Å²) in [4.78, 5) is 14.1. The molecule has 0 bridgehead atoms. The Bertz CT molecular complexity index is 528. The zero-order valence-corrected chi connectivity index (χ0v) is 15.7. The first-order chi connectivity index (χ1) is 11.3. The normalized spacial score (nSPS) is 11.1. The minimum atomic E-state index is -0.529. The molecule has 6 heteroatoms. The van der Waals surface area contributed by atoms with Crippen LogP contribution in [0.1, 0.15) is 31.9 Å². The lowest BCUT2D eigenvalue weighted by Gasteiger charge is -2.27. The first-order valence-electron chi connectivity index (χ1n) is 8.20.